The molecule has 2 aromatic heterocycles. The molecule has 0 saturated heterocycles. The van der Waals surface area contributed by atoms with Crippen LogP contribution in [0.4, 0.5) is 0 Å². The van der Waals surface area contributed by atoms with E-state index in [0.717, 1.165) is 0 Å². The number of carboxylic acids is 2. The molecule has 0 radical (unpaired) electrons. The van der Waals surface area contributed by atoms with E-state index in [1.165, 1.54) is 0 Å². The van der Waals surface area contributed by atoms with Gasteiger partial charge < -0.3 is 10.2 Å². The maximum Gasteiger partial charge on any atom is 0.318 e. The molecule has 0 amide bonds. The van der Waals surface area contributed by atoms with Crippen molar-refractivity contribution in [2.75, 3.05) is 0 Å². The van der Waals surface area contributed by atoms with E-state index in [0.29, 0.717) is 0 Å². The van der Waals surface area contributed by atoms with Crippen LogP contribution in [0.1, 0.15) is 18.1 Å². The van der Waals surface area contributed by atoms with Crippen molar-refractivity contribution >= 4 is 11.9 Å². The van der Waals surface area contributed by atoms with E-state index in [1.54, 1.807) is 0 Å². The Bertz CT molecular complexity index is 566. The quantitative estimate of drug-likeness (QED) is 0.446. The average Bonchev–Trinajstić information content (AvgIpc) is 2.99. The van der Waals surface area contributed by atoms with Crippen LogP contribution >= 0.6 is 0 Å². The van der Waals surface area contributed by atoms with E-state index < -0.39 is 23.8 Å². The maximum atomic E-state index is 11.5. The number of hydrogen-bond acceptors (Lipinski definition) is 8. The number of nitrogens with one attached hydrogen (secondary N) is 2. The lowest BCUT2D eigenvalue weighted by Crippen LogP contribution is -2.41. The molecule has 19 heavy (non-hydrogen) atoms. The van der Waals surface area contributed by atoms with Gasteiger partial charge in [-0.3, -0.25) is 9.59 Å². The van der Waals surface area contributed by atoms with Gasteiger partial charge in [-0.05, 0) is 20.9 Å². The van der Waals surface area contributed by atoms with Gasteiger partial charge in [-0.2, -0.15) is 0 Å². The van der Waals surface area contributed by atoms with E-state index in [4.69, 9.17) is 5.11 Å². The van der Waals surface area contributed by atoms with Crippen LogP contribution in [-0.2, 0) is 21.4 Å². The van der Waals surface area contributed by atoms with Crippen molar-refractivity contribution in [3.8, 4) is 0 Å². The normalized spacial score (nSPS) is 13.9. The highest BCUT2D eigenvalue weighted by Gasteiger charge is 2.47. The molecule has 0 bridgehead atoms. The molecule has 0 aromatic carbocycles. The maximum absolute atomic E-state index is 11.5. The second-order valence-corrected chi connectivity index (χ2v) is 3.73. The lowest BCUT2D eigenvalue weighted by Gasteiger charge is -2.23. The van der Waals surface area contributed by atoms with Gasteiger partial charge in [0.25, 0.3) is 0 Å². The van der Waals surface area contributed by atoms with E-state index >= 15 is 0 Å². The molecule has 100 valence electrons. The van der Waals surface area contributed by atoms with E-state index in [9.17, 15) is 14.7 Å². The van der Waals surface area contributed by atoms with Crippen LogP contribution in [0.25, 0.3) is 0 Å². The number of tetrazole rings is 2. The van der Waals surface area contributed by atoms with Gasteiger partial charge in [0.15, 0.2) is 5.82 Å². The highest BCUT2D eigenvalue weighted by molar-refractivity contribution is 5.86. The van der Waals surface area contributed by atoms with Crippen LogP contribution in [0.3, 0.4) is 0 Å². The Labute approximate surface area is 104 Å². The van der Waals surface area contributed by atoms with Crippen molar-refractivity contribution in [1.82, 2.24) is 41.2 Å². The summed E-state index contributed by atoms with van der Waals surface area (Å²) in [5.41, 5.74) is -1.88. The highest BCUT2D eigenvalue weighted by atomic mass is 16.4. The number of rotatable bonds is 6. The molecule has 0 fully saturated rings. The number of aromatic amines is 2. The molecular formula is C7H8N8O4. The Hall–Kier alpha value is -2.92. The summed E-state index contributed by atoms with van der Waals surface area (Å²) >= 11 is 0. The molecule has 2 rings (SSSR count). The van der Waals surface area contributed by atoms with Crippen LogP contribution in [0.2, 0.25) is 0 Å². The van der Waals surface area contributed by atoms with Crippen molar-refractivity contribution in [1.29, 1.82) is 0 Å². The third-order valence-corrected chi connectivity index (χ3v) is 2.52. The Morgan fingerprint density at radius 1 is 1.11 bits per heavy atom. The minimum Gasteiger partial charge on any atom is -0.481 e. The molecule has 0 saturated carbocycles. The molecular weight excluding hydrogens is 260 g/mol. The molecule has 12 nitrogen and oxygen atoms in total. The van der Waals surface area contributed by atoms with Gasteiger partial charge in [0.05, 0.1) is 6.42 Å². The zero-order chi connectivity index (χ0) is 13.9. The number of aromatic nitrogens is 8. The predicted molar refractivity (Wildman–Crippen MR) is 53.6 cm³/mol. The van der Waals surface area contributed by atoms with Gasteiger partial charge >= 0.3 is 11.9 Å². The Morgan fingerprint density at radius 2 is 1.79 bits per heavy atom. The number of carboxylic acid groups (broad SMARTS) is 2. The summed E-state index contributed by atoms with van der Waals surface area (Å²) in [6, 6.07) is 0. The number of carbonyl (C=O) groups is 2. The van der Waals surface area contributed by atoms with Gasteiger partial charge in [-0.15, -0.1) is 10.2 Å². The average molecular weight is 268 g/mol. The molecule has 2 aromatic rings. The largest absolute Gasteiger partial charge is 0.481 e. The third kappa shape index (κ3) is 2.36. The Balaban J connectivity index is 2.45. The minimum absolute atomic E-state index is 0.111. The van der Waals surface area contributed by atoms with Crippen LogP contribution in [-0.4, -0.2) is 63.4 Å². The molecule has 2 heterocycles. The van der Waals surface area contributed by atoms with E-state index in [-0.39, 0.29) is 18.1 Å². The van der Waals surface area contributed by atoms with Crippen LogP contribution in [0, 0.1) is 0 Å². The van der Waals surface area contributed by atoms with E-state index in [1.807, 2.05) is 0 Å². The smallest absolute Gasteiger partial charge is 0.318 e. The number of hydrogen-bond donors (Lipinski definition) is 4. The molecule has 1 atom stereocenters. The summed E-state index contributed by atoms with van der Waals surface area (Å²) in [5, 5.41) is 43.1. The topological polar surface area (TPSA) is 184 Å². The summed E-state index contributed by atoms with van der Waals surface area (Å²) in [7, 11) is 0. The third-order valence-electron chi connectivity index (χ3n) is 2.52. The van der Waals surface area contributed by atoms with Crippen LogP contribution in [0.15, 0.2) is 0 Å². The fraction of sp³-hybridized carbons (Fsp3) is 0.429. The molecule has 0 aliphatic heterocycles. The fourth-order valence-corrected chi connectivity index (χ4v) is 1.64. The van der Waals surface area contributed by atoms with Gasteiger partial charge in [0.1, 0.15) is 11.2 Å². The first kappa shape index (κ1) is 12.5. The first-order valence-electron chi connectivity index (χ1n) is 4.96. The number of nitrogens with zero attached hydrogens (tertiary/aromatic N) is 6. The first-order chi connectivity index (χ1) is 9.04. The lowest BCUT2D eigenvalue weighted by molar-refractivity contribution is -0.151. The summed E-state index contributed by atoms with van der Waals surface area (Å²) < 4.78 is 0. The van der Waals surface area contributed by atoms with Crippen molar-refractivity contribution in [2.45, 2.75) is 18.3 Å². The van der Waals surface area contributed by atoms with Crippen molar-refractivity contribution in [3.05, 3.63) is 11.6 Å². The molecule has 12 heteroatoms. The number of H-pyrrole nitrogens is 2. The second kappa shape index (κ2) is 4.75. The zero-order valence-electron chi connectivity index (χ0n) is 9.31. The molecule has 0 aliphatic rings. The summed E-state index contributed by atoms with van der Waals surface area (Å²) in [6.07, 6.45) is -1.02. The fourth-order valence-electron chi connectivity index (χ4n) is 1.64. The van der Waals surface area contributed by atoms with Gasteiger partial charge in [0, 0.05) is 6.42 Å². The zero-order valence-corrected chi connectivity index (χ0v) is 9.31. The van der Waals surface area contributed by atoms with Crippen LogP contribution in [0.5, 0.6) is 0 Å². The standard InChI is InChI=1S/C7H8N8O4/c16-4(17)2-7(6(18)19,5-10-14-15-11-5)1-3-8-12-13-9-3/h1-2H2,(H,16,17)(H,18,19)(H,8,9,12,13)(H,10,11,14,15). The Kier molecular flexibility index (Phi) is 3.14. The summed E-state index contributed by atoms with van der Waals surface area (Å²) in [6.45, 7) is 0. The minimum atomic E-state index is -1.88. The van der Waals surface area contributed by atoms with Gasteiger partial charge in [-0.25, -0.2) is 10.2 Å². The van der Waals surface area contributed by atoms with Crippen molar-refractivity contribution in [2.24, 2.45) is 0 Å². The highest BCUT2D eigenvalue weighted by Crippen LogP contribution is 2.28. The molecule has 0 aliphatic carbocycles. The van der Waals surface area contributed by atoms with Gasteiger partial charge in [0.2, 0.25) is 0 Å². The SMILES string of the molecule is O=C(O)CC(Cc1nnn[nH]1)(C(=O)O)c1nnn[nH]1. The monoisotopic (exact) mass is 268 g/mol. The van der Waals surface area contributed by atoms with E-state index in [2.05, 4.69) is 41.2 Å². The lowest BCUT2D eigenvalue weighted by atomic mass is 9.80. The molecule has 0 spiro atoms. The number of aliphatic carboxylic acids is 2. The summed E-state index contributed by atoms with van der Waals surface area (Å²) in [4.78, 5) is 22.5. The molecule has 4 N–H and O–H groups in total. The van der Waals surface area contributed by atoms with Crippen molar-refractivity contribution in [3.63, 3.8) is 0 Å². The van der Waals surface area contributed by atoms with Crippen LogP contribution < -0.4 is 0 Å². The molecule has 1 unspecified atom stereocenters. The Morgan fingerprint density at radius 3 is 2.26 bits per heavy atom. The first-order valence-corrected chi connectivity index (χ1v) is 4.96. The van der Waals surface area contributed by atoms with Crippen molar-refractivity contribution < 1.29 is 19.8 Å². The second-order valence-electron chi connectivity index (χ2n) is 3.73. The van der Waals surface area contributed by atoms with Gasteiger partial charge in [-0.1, -0.05) is 0 Å². The summed E-state index contributed by atoms with van der Waals surface area (Å²) in [5.74, 6) is -2.78. The predicted octanol–water partition coefficient (Wildman–Crippen LogP) is -2.25.